The van der Waals surface area contributed by atoms with Gasteiger partial charge in [-0.15, -0.1) is 0 Å². The van der Waals surface area contributed by atoms with E-state index in [0.717, 1.165) is 17.5 Å². The first-order valence-corrected chi connectivity index (χ1v) is 4.84. The SMILES string of the molecule is CCc1ccc2c(c1)CNCC2(F)F. The van der Waals surface area contributed by atoms with E-state index in [1.807, 2.05) is 13.0 Å². The molecule has 1 aromatic rings. The van der Waals surface area contributed by atoms with Crippen molar-refractivity contribution in [3.63, 3.8) is 0 Å². The van der Waals surface area contributed by atoms with Gasteiger partial charge in [0.25, 0.3) is 5.92 Å². The highest BCUT2D eigenvalue weighted by molar-refractivity contribution is 5.36. The summed E-state index contributed by atoms with van der Waals surface area (Å²) in [4.78, 5) is 0. The van der Waals surface area contributed by atoms with E-state index in [9.17, 15) is 8.78 Å². The van der Waals surface area contributed by atoms with Gasteiger partial charge in [0.2, 0.25) is 0 Å². The van der Waals surface area contributed by atoms with Crippen LogP contribution in [0, 0.1) is 0 Å². The van der Waals surface area contributed by atoms with Crippen molar-refractivity contribution in [3.8, 4) is 0 Å². The molecule has 0 bridgehead atoms. The van der Waals surface area contributed by atoms with Crippen LogP contribution in [0.15, 0.2) is 18.2 Å². The number of hydrogen-bond donors (Lipinski definition) is 1. The molecule has 0 spiro atoms. The summed E-state index contributed by atoms with van der Waals surface area (Å²) < 4.78 is 26.7. The van der Waals surface area contributed by atoms with Crippen LogP contribution in [0.1, 0.15) is 23.6 Å². The van der Waals surface area contributed by atoms with Crippen LogP contribution in [0.5, 0.6) is 0 Å². The molecular formula is C11H13F2N. The normalized spacial score (nSPS) is 19.1. The number of fused-ring (bicyclic) bond motifs is 1. The Morgan fingerprint density at radius 3 is 2.93 bits per heavy atom. The summed E-state index contributed by atoms with van der Waals surface area (Å²) in [6.45, 7) is 2.33. The first-order chi connectivity index (χ1) is 6.63. The van der Waals surface area contributed by atoms with Gasteiger partial charge in [-0.1, -0.05) is 25.1 Å². The Hall–Kier alpha value is -0.960. The van der Waals surface area contributed by atoms with Crippen molar-refractivity contribution in [2.45, 2.75) is 25.8 Å². The summed E-state index contributed by atoms with van der Waals surface area (Å²) in [5, 5.41) is 2.73. The van der Waals surface area contributed by atoms with Crippen molar-refractivity contribution in [3.05, 3.63) is 34.9 Å². The van der Waals surface area contributed by atoms with Crippen molar-refractivity contribution in [2.75, 3.05) is 6.54 Å². The summed E-state index contributed by atoms with van der Waals surface area (Å²) in [7, 11) is 0. The number of nitrogens with one attached hydrogen (secondary N) is 1. The second kappa shape index (κ2) is 3.31. The van der Waals surface area contributed by atoms with Gasteiger partial charge < -0.3 is 5.32 Å². The fourth-order valence-corrected chi connectivity index (χ4v) is 1.82. The number of alkyl halides is 2. The quantitative estimate of drug-likeness (QED) is 0.729. The van der Waals surface area contributed by atoms with Gasteiger partial charge in [0.15, 0.2) is 0 Å². The average Bonchev–Trinajstić information content (AvgIpc) is 2.16. The van der Waals surface area contributed by atoms with Crippen molar-refractivity contribution >= 4 is 0 Å². The van der Waals surface area contributed by atoms with Crippen LogP contribution in [-0.4, -0.2) is 6.54 Å². The molecule has 0 fully saturated rings. The van der Waals surface area contributed by atoms with Gasteiger partial charge in [0.1, 0.15) is 0 Å². The Morgan fingerprint density at radius 1 is 1.43 bits per heavy atom. The monoisotopic (exact) mass is 197 g/mol. The van der Waals surface area contributed by atoms with Gasteiger partial charge in [-0.2, -0.15) is 8.78 Å². The molecule has 0 saturated heterocycles. The van der Waals surface area contributed by atoms with Gasteiger partial charge in [-0.05, 0) is 17.5 Å². The summed E-state index contributed by atoms with van der Waals surface area (Å²) in [6, 6.07) is 5.22. The molecule has 0 unspecified atom stereocenters. The lowest BCUT2D eigenvalue weighted by molar-refractivity contribution is -0.0108. The number of rotatable bonds is 1. The van der Waals surface area contributed by atoms with E-state index in [1.54, 1.807) is 12.1 Å². The van der Waals surface area contributed by atoms with E-state index in [1.165, 1.54) is 0 Å². The Morgan fingerprint density at radius 2 is 2.21 bits per heavy atom. The second-order valence-electron chi connectivity index (χ2n) is 3.65. The maximum atomic E-state index is 13.4. The Bertz CT molecular complexity index is 347. The first kappa shape index (κ1) is 9.59. The lowest BCUT2D eigenvalue weighted by Gasteiger charge is -2.26. The summed E-state index contributed by atoms with van der Waals surface area (Å²) in [5.74, 6) is -2.71. The van der Waals surface area contributed by atoms with Crippen LogP contribution in [0.4, 0.5) is 8.78 Å². The molecule has 3 heteroatoms. The molecule has 1 N–H and O–H groups in total. The molecule has 0 amide bonds. The molecular weight excluding hydrogens is 184 g/mol. The number of aryl methyl sites for hydroxylation is 1. The zero-order valence-electron chi connectivity index (χ0n) is 8.11. The van der Waals surface area contributed by atoms with Gasteiger partial charge in [-0.3, -0.25) is 0 Å². The Kier molecular flexibility index (Phi) is 2.27. The zero-order valence-corrected chi connectivity index (χ0v) is 8.11. The zero-order chi connectivity index (χ0) is 10.2. The van der Waals surface area contributed by atoms with Crippen LogP contribution in [0.2, 0.25) is 0 Å². The van der Waals surface area contributed by atoms with Crippen LogP contribution in [-0.2, 0) is 18.9 Å². The van der Waals surface area contributed by atoms with Gasteiger partial charge in [0, 0.05) is 12.1 Å². The minimum absolute atomic E-state index is 0.188. The number of halogens is 2. The predicted molar refractivity (Wildman–Crippen MR) is 51.4 cm³/mol. The fraction of sp³-hybridized carbons (Fsp3) is 0.455. The van der Waals surface area contributed by atoms with Crippen molar-refractivity contribution in [1.82, 2.24) is 5.32 Å². The van der Waals surface area contributed by atoms with Crippen LogP contribution in [0.25, 0.3) is 0 Å². The summed E-state index contributed by atoms with van der Waals surface area (Å²) >= 11 is 0. The molecule has 2 rings (SSSR count). The molecule has 1 aliphatic heterocycles. The molecule has 0 aliphatic carbocycles. The van der Waals surface area contributed by atoms with E-state index >= 15 is 0 Å². The molecule has 14 heavy (non-hydrogen) atoms. The van der Waals surface area contributed by atoms with Crippen molar-refractivity contribution in [1.29, 1.82) is 0 Å². The summed E-state index contributed by atoms with van der Waals surface area (Å²) in [5.41, 5.74) is 2.04. The standard InChI is InChI=1S/C11H13F2N/c1-2-8-3-4-10-9(5-8)6-14-7-11(10,12)13/h3-5,14H,2,6-7H2,1H3. The van der Waals surface area contributed by atoms with Crippen molar-refractivity contribution < 1.29 is 8.78 Å². The minimum Gasteiger partial charge on any atom is -0.307 e. The molecule has 0 atom stereocenters. The van der Waals surface area contributed by atoms with E-state index < -0.39 is 5.92 Å². The Balaban J connectivity index is 2.46. The van der Waals surface area contributed by atoms with Crippen LogP contribution >= 0.6 is 0 Å². The third-order valence-corrected chi connectivity index (χ3v) is 2.63. The van der Waals surface area contributed by atoms with Crippen LogP contribution in [0.3, 0.4) is 0 Å². The third-order valence-electron chi connectivity index (χ3n) is 2.63. The average molecular weight is 197 g/mol. The first-order valence-electron chi connectivity index (χ1n) is 4.84. The maximum Gasteiger partial charge on any atom is 0.285 e. The van der Waals surface area contributed by atoms with Gasteiger partial charge in [0.05, 0.1) is 6.54 Å². The lowest BCUT2D eigenvalue weighted by Crippen LogP contribution is -2.36. The Labute approximate surface area is 82.1 Å². The predicted octanol–water partition coefficient (Wildman–Crippen LogP) is 2.44. The molecule has 1 aliphatic rings. The smallest absolute Gasteiger partial charge is 0.285 e. The van der Waals surface area contributed by atoms with Gasteiger partial charge >= 0.3 is 0 Å². The highest BCUT2D eigenvalue weighted by Crippen LogP contribution is 2.33. The largest absolute Gasteiger partial charge is 0.307 e. The third kappa shape index (κ3) is 1.52. The molecule has 76 valence electrons. The molecule has 0 saturated carbocycles. The number of hydrogen-bond acceptors (Lipinski definition) is 1. The maximum absolute atomic E-state index is 13.4. The molecule has 0 radical (unpaired) electrons. The molecule has 1 nitrogen and oxygen atoms in total. The minimum atomic E-state index is -2.71. The number of benzene rings is 1. The highest BCUT2D eigenvalue weighted by Gasteiger charge is 2.36. The van der Waals surface area contributed by atoms with E-state index in [2.05, 4.69) is 5.32 Å². The fourth-order valence-electron chi connectivity index (χ4n) is 1.82. The molecule has 1 aromatic carbocycles. The van der Waals surface area contributed by atoms with E-state index in [4.69, 9.17) is 0 Å². The highest BCUT2D eigenvalue weighted by atomic mass is 19.3. The topological polar surface area (TPSA) is 12.0 Å². The van der Waals surface area contributed by atoms with Crippen LogP contribution < -0.4 is 5.32 Å². The summed E-state index contributed by atoms with van der Waals surface area (Å²) in [6.07, 6.45) is 0.888. The molecule has 1 heterocycles. The second-order valence-corrected chi connectivity index (χ2v) is 3.65. The molecule has 0 aromatic heterocycles. The van der Waals surface area contributed by atoms with Crippen molar-refractivity contribution in [2.24, 2.45) is 0 Å². The van der Waals surface area contributed by atoms with E-state index in [0.29, 0.717) is 6.54 Å². The van der Waals surface area contributed by atoms with E-state index in [-0.39, 0.29) is 12.1 Å². The van der Waals surface area contributed by atoms with Gasteiger partial charge in [-0.25, -0.2) is 0 Å². The lowest BCUT2D eigenvalue weighted by atomic mass is 9.95.